The van der Waals surface area contributed by atoms with E-state index in [0.717, 1.165) is 30.9 Å². The Morgan fingerprint density at radius 3 is 2.22 bits per heavy atom. The van der Waals surface area contributed by atoms with Gasteiger partial charge in [0.2, 0.25) is 0 Å². The SMILES string of the molecule is CCN(CC)Cc1ccc(N=Cc2cc(Cl)cc(OC(=O)c3ccc(C)cc3)c2OC(=O)C(C)C)cc1. The highest BCUT2D eigenvalue weighted by atomic mass is 35.5. The van der Waals surface area contributed by atoms with Crippen LogP contribution in [0.15, 0.2) is 65.7 Å². The van der Waals surface area contributed by atoms with Gasteiger partial charge < -0.3 is 9.47 Å². The van der Waals surface area contributed by atoms with Crippen LogP contribution in [-0.2, 0) is 11.3 Å². The van der Waals surface area contributed by atoms with Crippen LogP contribution in [0.25, 0.3) is 0 Å². The molecule has 0 unspecified atom stereocenters. The molecular formula is C30H33ClN2O4. The van der Waals surface area contributed by atoms with Crippen molar-refractivity contribution in [2.45, 2.75) is 41.2 Å². The summed E-state index contributed by atoms with van der Waals surface area (Å²) in [6.45, 7) is 12.5. The van der Waals surface area contributed by atoms with Gasteiger partial charge in [-0.15, -0.1) is 0 Å². The largest absolute Gasteiger partial charge is 0.422 e. The van der Waals surface area contributed by atoms with Gasteiger partial charge in [0, 0.05) is 29.4 Å². The van der Waals surface area contributed by atoms with Crippen LogP contribution in [0.2, 0.25) is 5.02 Å². The zero-order valence-electron chi connectivity index (χ0n) is 22.0. The molecule has 194 valence electrons. The Labute approximate surface area is 223 Å². The van der Waals surface area contributed by atoms with Crippen molar-refractivity contribution < 1.29 is 19.1 Å². The van der Waals surface area contributed by atoms with Gasteiger partial charge in [-0.1, -0.05) is 69.1 Å². The van der Waals surface area contributed by atoms with E-state index in [4.69, 9.17) is 21.1 Å². The second-order valence-corrected chi connectivity index (χ2v) is 9.48. The maximum Gasteiger partial charge on any atom is 0.343 e. The van der Waals surface area contributed by atoms with Gasteiger partial charge in [0.1, 0.15) is 0 Å². The van der Waals surface area contributed by atoms with Gasteiger partial charge in [0.25, 0.3) is 0 Å². The van der Waals surface area contributed by atoms with E-state index in [9.17, 15) is 9.59 Å². The van der Waals surface area contributed by atoms with Gasteiger partial charge in [-0.05, 0) is 55.9 Å². The molecule has 0 aliphatic carbocycles. The molecule has 0 aliphatic heterocycles. The van der Waals surface area contributed by atoms with Gasteiger partial charge >= 0.3 is 11.9 Å². The molecule has 0 saturated carbocycles. The van der Waals surface area contributed by atoms with Crippen molar-refractivity contribution in [2.75, 3.05) is 13.1 Å². The van der Waals surface area contributed by atoms with E-state index >= 15 is 0 Å². The molecule has 0 heterocycles. The van der Waals surface area contributed by atoms with Crippen LogP contribution in [0.3, 0.4) is 0 Å². The van der Waals surface area contributed by atoms with Crippen molar-refractivity contribution in [1.29, 1.82) is 0 Å². The molecule has 6 nitrogen and oxygen atoms in total. The normalized spacial score (nSPS) is 11.4. The Morgan fingerprint density at radius 1 is 0.973 bits per heavy atom. The van der Waals surface area contributed by atoms with E-state index in [-0.39, 0.29) is 17.4 Å². The van der Waals surface area contributed by atoms with Crippen LogP contribution >= 0.6 is 11.6 Å². The Bertz CT molecular complexity index is 1250. The molecule has 0 radical (unpaired) electrons. The lowest BCUT2D eigenvalue weighted by atomic mass is 10.1. The van der Waals surface area contributed by atoms with Crippen molar-refractivity contribution in [2.24, 2.45) is 10.9 Å². The second-order valence-electron chi connectivity index (χ2n) is 9.04. The number of nitrogens with zero attached hydrogens (tertiary/aromatic N) is 2. The third-order valence-corrected chi connectivity index (χ3v) is 6.02. The quantitative estimate of drug-likeness (QED) is 0.163. The van der Waals surface area contributed by atoms with Crippen molar-refractivity contribution in [1.82, 2.24) is 4.90 Å². The third kappa shape index (κ3) is 8.00. The number of rotatable bonds is 10. The summed E-state index contributed by atoms with van der Waals surface area (Å²) in [5, 5.41) is 0.312. The highest BCUT2D eigenvalue weighted by Gasteiger charge is 2.21. The summed E-state index contributed by atoms with van der Waals surface area (Å²) in [4.78, 5) is 32.2. The second kappa shape index (κ2) is 13.2. The zero-order chi connectivity index (χ0) is 26.9. The summed E-state index contributed by atoms with van der Waals surface area (Å²) in [6.07, 6.45) is 1.55. The van der Waals surface area contributed by atoms with E-state index in [2.05, 4.69) is 23.7 Å². The number of benzene rings is 3. The molecule has 37 heavy (non-hydrogen) atoms. The van der Waals surface area contributed by atoms with E-state index in [1.165, 1.54) is 11.6 Å². The summed E-state index contributed by atoms with van der Waals surface area (Å²) in [5.41, 5.74) is 3.72. The Kier molecular flexibility index (Phi) is 10.0. The monoisotopic (exact) mass is 520 g/mol. The molecule has 0 fully saturated rings. The molecule has 3 aromatic rings. The molecule has 0 saturated heterocycles. The molecule has 7 heteroatoms. The maximum atomic E-state index is 12.8. The first-order valence-corrected chi connectivity index (χ1v) is 12.8. The van der Waals surface area contributed by atoms with Crippen molar-refractivity contribution in [3.8, 4) is 11.5 Å². The molecule has 0 spiro atoms. The topological polar surface area (TPSA) is 68.2 Å². The average molecular weight is 521 g/mol. The standard InChI is InChI=1S/C30H33ClN2O4/c1-6-33(7-2)19-22-10-14-26(15-11-22)32-18-24-16-25(31)17-27(28(24)37-29(34)20(3)4)36-30(35)23-12-8-21(5)9-13-23/h8-18,20H,6-7,19H2,1-5H3. The molecule has 0 bridgehead atoms. The van der Waals surface area contributed by atoms with Gasteiger partial charge in [-0.2, -0.15) is 0 Å². The number of esters is 2. The molecule has 0 aliphatic rings. The fourth-order valence-electron chi connectivity index (χ4n) is 3.47. The summed E-state index contributed by atoms with van der Waals surface area (Å²) < 4.78 is 11.3. The zero-order valence-corrected chi connectivity index (χ0v) is 22.7. The fourth-order valence-corrected chi connectivity index (χ4v) is 3.69. The fraction of sp³-hybridized carbons (Fsp3) is 0.300. The molecule has 0 N–H and O–H groups in total. The van der Waals surface area contributed by atoms with Crippen molar-refractivity contribution in [3.63, 3.8) is 0 Å². The van der Waals surface area contributed by atoms with Crippen LogP contribution in [0.5, 0.6) is 11.5 Å². The minimum atomic E-state index is -0.587. The molecular weight excluding hydrogens is 488 g/mol. The van der Waals surface area contributed by atoms with E-state index in [1.54, 1.807) is 38.3 Å². The van der Waals surface area contributed by atoms with E-state index in [0.29, 0.717) is 16.1 Å². The molecule has 0 aromatic heterocycles. The Morgan fingerprint density at radius 2 is 1.62 bits per heavy atom. The van der Waals surface area contributed by atoms with Gasteiger partial charge in [-0.3, -0.25) is 14.7 Å². The molecule has 0 atom stereocenters. The smallest absolute Gasteiger partial charge is 0.343 e. The first-order chi connectivity index (χ1) is 17.7. The lowest BCUT2D eigenvalue weighted by molar-refractivity contribution is -0.137. The van der Waals surface area contributed by atoms with Gasteiger partial charge in [-0.25, -0.2) is 4.79 Å². The van der Waals surface area contributed by atoms with Crippen LogP contribution in [-0.4, -0.2) is 36.1 Å². The lowest BCUT2D eigenvalue weighted by Crippen LogP contribution is -2.21. The summed E-state index contributed by atoms with van der Waals surface area (Å²) in [7, 11) is 0. The Hall–Kier alpha value is -3.48. The lowest BCUT2D eigenvalue weighted by Gasteiger charge is -2.17. The van der Waals surface area contributed by atoms with Crippen LogP contribution in [0.1, 0.15) is 54.7 Å². The first kappa shape index (κ1) is 28.1. The number of aliphatic imine (C=N–C) groups is 1. The van der Waals surface area contributed by atoms with E-state index < -0.39 is 11.9 Å². The van der Waals surface area contributed by atoms with Crippen LogP contribution < -0.4 is 9.47 Å². The number of carbonyl (C=O) groups is 2. The van der Waals surface area contributed by atoms with Crippen molar-refractivity contribution >= 4 is 35.4 Å². The van der Waals surface area contributed by atoms with Crippen LogP contribution in [0.4, 0.5) is 5.69 Å². The number of hydrogen-bond donors (Lipinski definition) is 0. The minimum Gasteiger partial charge on any atom is -0.422 e. The highest BCUT2D eigenvalue weighted by Crippen LogP contribution is 2.36. The Balaban J connectivity index is 1.92. The first-order valence-electron chi connectivity index (χ1n) is 12.4. The van der Waals surface area contributed by atoms with Gasteiger partial charge in [0.15, 0.2) is 11.5 Å². The third-order valence-electron chi connectivity index (χ3n) is 5.80. The summed E-state index contributed by atoms with van der Waals surface area (Å²) >= 11 is 6.35. The predicted octanol–water partition coefficient (Wildman–Crippen LogP) is 7.02. The van der Waals surface area contributed by atoms with Crippen molar-refractivity contribution in [3.05, 3.63) is 87.9 Å². The van der Waals surface area contributed by atoms with Crippen LogP contribution in [0, 0.1) is 12.8 Å². The van der Waals surface area contributed by atoms with Gasteiger partial charge in [0.05, 0.1) is 17.2 Å². The maximum absolute atomic E-state index is 12.8. The summed E-state index contributed by atoms with van der Waals surface area (Å²) in [6, 6.07) is 18.0. The summed E-state index contributed by atoms with van der Waals surface area (Å²) in [5.74, 6) is -1.31. The molecule has 3 rings (SSSR count). The predicted molar refractivity (Wildman–Crippen MR) is 148 cm³/mol. The number of carbonyl (C=O) groups excluding carboxylic acids is 2. The highest BCUT2D eigenvalue weighted by molar-refractivity contribution is 6.31. The minimum absolute atomic E-state index is 0.0445. The number of halogens is 1. The number of ether oxygens (including phenoxy) is 2. The van der Waals surface area contributed by atoms with E-state index in [1.807, 2.05) is 43.3 Å². The average Bonchev–Trinajstić information content (AvgIpc) is 2.88. The number of aryl methyl sites for hydroxylation is 1. The molecule has 0 amide bonds. The number of hydrogen-bond acceptors (Lipinski definition) is 6. The molecule has 3 aromatic carbocycles.